The Kier molecular flexibility index (Phi) is 7.15. The van der Waals surface area contributed by atoms with Gasteiger partial charge in [-0.05, 0) is 30.7 Å². The number of para-hydroxylation sites is 1. The summed E-state index contributed by atoms with van der Waals surface area (Å²) in [5, 5.41) is 15.0. The first kappa shape index (κ1) is 19.3. The Hall–Kier alpha value is -2.48. The minimum absolute atomic E-state index is 0.0237. The maximum atomic E-state index is 12.3. The van der Waals surface area contributed by atoms with Gasteiger partial charge in [-0.3, -0.25) is 9.69 Å². The van der Waals surface area contributed by atoms with E-state index in [1.165, 1.54) is 0 Å². The van der Waals surface area contributed by atoms with Crippen LogP contribution in [0.15, 0.2) is 48.7 Å². The number of nitrogens with one attached hydrogen (secondary N) is 2. The van der Waals surface area contributed by atoms with E-state index in [-0.39, 0.29) is 12.5 Å². The highest BCUT2D eigenvalue weighted by molar-refractivity contribution is 5.92. The van der Waals surface area contributed by atoms with Crippen molar-refractivity contribution in [1.82, 2.24) is 14.8 Å². The second-order valence-electron chi connectivity index (χ2n) is 6.67. The highest BCUT2D eigenvalue weighted by atomic mass is 16.3. The molecule has 27 heavy (non-hydrogen) atoms. The second-order valence-corrected chi connectivity index (χ2v) is 6.67. The van der Waals surface area contributed by atoms with Crippen molar-refractivity contribution in [1.29, 1.82) is 0 Å². The van der Waals surface area contributed by atoms with Gasteiger partial charge >= 0.3 is 0 Å². The highest BCUT2D eigenvalue weighted by Crippen LogP contribution is 2.15. The van der Waals surface area contributed by atoms with Crippen LogP contribution in [0.4, 0.5) is 17.2 Å². The van der Waals surface area contributed by atoms with Crippen molar-refractivity contribution in [2.24, 2.45) is 0 Å². The Morgan fingerprint density at radius 3 is 2.41 bits per heavy atom. The first-order valence-electron chi connectivity index (χ1n) is 9.36. The van der Waals surface area contributed by atoms with Gasteiger partial charge in [0.2, 0.25) is 5.91 Å². The molecule has 0 unspecified atom stereocenters. The molecular weight excluding hydrogens is 342 g/mol. The molecule has 2 heterocycles. The van der Waals surface area contributed by atoms with E-state index in [1.54, 1.807) is 6.20 Å². The molecule has 2 aromatic rings. The third-order valence-corrected chi connectivity index (χ3v) is 4.56. The van der Waals surface area contributed by atoms with E-state index in [1.807, 2.05) is 42.5 Å². The van der Waals surface area contributed by atoms with Gasteiger partial charge in [-0.2, -0.15) is 0 Å². The van der Waals surface area contributed by atoms with E-state index in [9.17, 15) is 4.79 Å². The first-order valence-corrected chi connectivity index (χ1v) is 9.36. The fraction of sp³-hybridized carbons (Fsp3) is 0.400. The summed E-state index contributed by atoms with van der Waals surface area (Å²) in [5.41, 5.74) is 1.67. The number of piperazine rings is 1. The predicted molar refractivity (Wildman–Crippen MR) is 107 cm³/mol. The lowest BCUT2D eigenvalue weighted by molar-refractivity contribution is -0.117. The number of nitrogens with zero attached hydrogens (tertiary/aromatic N) is 3. The van der Waals surface area contributed by atoms with Crippen molar-refractivity contribution >= 4 is 23.1 Å². The number of amides is 1. The SMILES string of the molecule is O=C(CN1CCN(CCCO)CC1)Nc1ccc(Nc2ccccc2)nc1. The van der Waals surface area contributed by atoms with Gasteiger partial charge in [-0.25, -0.2) is 4.98 Å². The van der Waals surface area contributed by atoms with Crippen LogP contribution in [0.1, 0.15) is 6.42 Å². The van der Waals surface area contributed by atoms with Crippen LogP contribution in [0.2, 0.25) is 0 Å². The molecule has 0 saturated carbocycles. The van der Waals surface area contributed by atoms with Crippen LogP contribution in [0, 0.1) is 0 Å². The Labute approximate surface area is 160 Å². The Morgan fingerprint density at radius 1 is 1.00 bits per heavy atom. The lowest BCUT2D eigenvalue weighted by Gasteiger charge is -2.34. The minimum Gasteiger partial charge on any atom is -0.396 e. The molecule has 3 N–H and O–H groups in total. The molecule has 0 bridgehead atoms. The first-order chi connectivity index (χ1) is 13.2. The van der Waals surface area contributed by atoms with Crippen molar-refractivity contribution in [3.8, 4) is 0 Å². The minimum atomic E-state index is -0.0237. The molecule has 1 aromatic carbocycles. The number of pyridine rings is 1. The summed E-state index contributed by atoms with van der Waals surface area (Å²) in [5.74, 6) is 0.711. The number of anilines is 3. The van der Waals surface area contributed by atoms with Crippen molar-refractivity contribution < 1.29 is 9.90 Å². The summed E-state index contributed by atoms with van der Waals surface area (Å²) in [4.78, 5) is 21.1. The Bertz CT molecular complexity index is 700. The molecule has 0 radical (unpaired) electrons. The third-order valence-electron chi connectivity index (χ3n) is 4.56. The number of hydrogen-bond acceptors (Lipinski definition) is 6. The maximum absolute atomic E-state index is 12.3. The summed E-state index contributed by atoms with van der Waals surface area (Å²) < 4.78 is 0. The molecule has 3 rings (SSSR count). The van der Waals surface area contributed by atoms with E-state index in [4.69, 9.17) is 5.11 Å². The smallest absolute Gasteiger partial charge is 0.238 e. The van der Waals surface area contributed by atoms with Crippen LogP contribution < -0.4 is 10.6 Å². The quantitative estimate of drug-likeness (QED) is 0.658. The van der Waals surface area contributed by atoms with Gasteiger partial charge in [0.05, 0.1) is 18.4 Å². The number of aliphatic hydroxyl groups excluding tert-OH is 1. The average molecular weight is 369 g/mol. The number of carbonyl (C=O) groups is 1. The Morgan fingerprint density at radius 2 is 1.74 bits per heavy atom. The van der Waals surface area contributed by atoms with Gasteiger partial charge in [0.1, 0.15) is 5.82 Å². The van der Waals surface area contributed by atoms with Crippen LogP contribution in [-0.4, -0.2) is 71.7 Å². The van der Waals surface area contributed by atoms with Crippen molar-refractivity contribution in [2.75, 3.05) is 56.5 Å². The number of rotatable bonds is 8. The molecule has 144 valence electrons. The van der Waals surface area contributed by atoms with Crippen LogP contribution >= 0.6 is 0 Å². The van der Waals surface area contributed by atoms with Crippen LogP contribution in [0.5, 0.6) is 0 Å². The number of benzene rings is 1. The third kappa shape index (κ3) is 6.32. The predicted octanol–water partition coefficient (Wildman–Crippen LogP) is 1.76. The van der Waals surface area contributed by atoms with E-state index in [2.05, 4.69) is 25.4 Å². The molecule has 1 aliphatic rings. The van der Waals surface area contributed by atoms with Crippen LogP contribution in [0.25, 0.3) is 0 Å². The van der Waals surface area contributed by atoms with Gasteiger partial charge in [0.15, 0.2) is 0 Å². The molecular formula is C20H27N5O2. The van der Waals surface area contributed by atoms with E-state index in [0.717, 1.165) is 50.6 Å². The zero-order valence-electron chi connectivity index (χ0n) is 15.5. The average Bonchev–Trinajstić information content (AvgIpc) is 2.70. The summed E-state index contributed by atoms with van der Waals surface area (Å²) in [6.07, 6.45) is 2.47. The molecule has 1 aromatic heterocycles. The molecule has 0 aliphatic carbocycles. The highest BCUT2D eigenvalue weighted by Gasteiger charge is 2.18. The fourth-order valence-electron chi connectivity index (χ4n) is 3.08. The van der Waals surface area contributed by atoms with Crippen molar-refractivity contribution in [3.63, 3.8) is 0 Å². The molecule has 0 atom stereocenters. The molecule has 0 spiro atoms. The summed E-state index contributed by atoms with van der Waals surface area (Å²) in [7, 11) is 0. The maximum Gasteiger partial charge on any atom is 0.238 e. The van der Waals surface area contributed by atoms with Gasteiger partial charge in [-0.1, -0.05) is 18.2 Å². The topological polar surface area (TPSA) is 80.7 Å². The van der Waals surface area contributed by atoms with Gasteiger partial charge in [-0.15, -0.1) is 0 Å². The molecule has 1 amide bonds. The van der Waals surface area contributed by atoms with Gasteiger partial charge in [0.25, 0.3) is 0 Å². The number of aliphatic hydroxyl groups is 1. The van der Waals surface area contributed by atoms with Crippen molar-refractivity contribution in [3.05, 3.63) is 48.7 Å². The van der Waals surface area contributed by atoms with E-state index < -0.39 is 0 Å². The molecule has 7 nitrogen and oxygen atoms in total. The largest absolute Gasteiger partial charge is 0.396 e. The number of carbonyl (C=O) groups excluding carboxylic acids is 1. The molecule has 1 fully saturated rings. The molecule has 7 heteroatoms. The number of aromatic nitrogens is 1. The van der Waals surface area contributed by atoms with Gasteiger partial charge in [0, 0.05) is 45.0 Å². The van der Waals surface area contributed by atoms with Gasteiger partial charge < -0.3 is 20.6 Å². The monoisotopic (exact) mass is 369 g/mol. The number of hydrogen-bond donors (Lipinski definition) is 3. The Balaban J connectivity index is 1.42. The summed E-state index contributed by atoms with van der Waals surface area (Å²) in [6.45, 7) is 5.16. The van der Waals surface area contributed by atoms with Crippen LogP contribution in [-0.2, 0) is 4.79 Å². The van der Waals surface area contributed by atoms with E-state index >= 15 is 0 Å². The standard InChI is InChI=1S/C20H27N5O2/c26-14-4-9-24-10-12-25(13-11-24)16-20(27)23-18-7-8-19(21-15-18)22-17-5-2-1-3-6-17/h1-3,5-8,15,26H,4,9-14,16H2,(H,21,22)(H,23,27). The zero-order chi connectivity index (χ0) is 18.9. The fourth-order valence-corrected chi connectivity index (χ4v) is 3.08. The zero-order valence-corrected chi connectivity index (χ0v) is 15.5. The van der Waals surface area contributed by atoms with Crippen LogP contribution in [0.3, 0.4) is 0 Å². The lowest BCUT2D eigenvalue weighted by Crippen LogP contribution is -2.48. The van der Waals surface area contributed by atoms with E-state index in [0.29, 0.717) is 12.2 Å². The molecule has 1 aliphatic heterocycles. The molecule has 1 saturated heterocycles. The lowest BCUT2D eigenvalue weighted by atomic mass is 10.3. The second kappa shape index (κ2) is 10.0. The summed E-state index contributed by atoms with van der Waals surface area (Å²) in [6, 6.07) is 13.5. The van der Waals surface area contributed by atoms with Crippen molar-refractivity contribution in [2.45, 2.75) is 6.42 Å². The normalized spacial score (nSPS) is 15.4. The summed E-state index contributed by atoms with van der Waals surface area (Å²) >= 11 is 0.